The maximum absolute atomic E-state index is 13.1. The average Bonchev–Trinajstić information content (AvgIpc) is 3.11. The van der Waals surface area contributed by atoms with Gasteiger partial charge in [0.05, 0.1) is 7.11 Å². The van der Waals surface area contributed by atoms with E-state index in [1.165, 1.54) is 37.6 Å². The molecule has 0 radical (unpaired) electrons. The van der Waals surface area contributed by atoms with Gasteiger partial charge in [0, 0.05) is 37.6 Å². The summed E-state index contributed by atoms with van der Waals surface area (Å²) >= 11 is 0. The van der Waals surface area contributed by atoms with Crippen molar-refractivity contribution in [3.05, 3.63) is 59.6 Å². The van der Waals surface area contributed by atoms with Gasteiger partial charge in [0.25, 0.3) is 0 Å². The number of aromatic nitrogens is 1. The Kier molecular flexibility index (Phi) is 5.79. The molecule has 0 fully saturated rings. The Morgan fingerprint density at radius 1 is 1.33 bits per heavy atom. The molecule has 146 valence electrons. The van der Waals surface area contributed by atoms with Crippen LogP contribution in [0.1, 0.15) is 30.8 Å². The van der Waals surface area contributed by atoms with E-state index in [-0.39, 0.29) is 17.9 Å². The second-order valence-electron chi connectivity index (χ2n) is 6.80. The van der Waals surface area contributed by atoms with Gasteiger partial charge < -0.3 is 9.64 Å². The van der Waals surface area contributed by atoms with E-state index < -0.39 is 20.7 Å². The van der Waals surface area contributed by atoms with Crippen molar-refractivity contribution in [2.24, 2.45) is 0 Å². The minimum atomic E-state index is -3.94. The van der Waals surface area contributed by atoms with Gasteiger partial charge in [0.15, 0.2) is 5.78 Å². The van der Waals surface area contributed by atoms with E-state index in [4.69, 9.17) is 0 Å². The third-order valence-electron chi connectivity index (χ3n) is 4.37. The zero-order valence-electron chi connectivity index (χ0n) is 16.1. The molecule has 0 amide bonds. The topological polar surface area (TPSA) is 85.7 Å². The summed E-state index contributed by atoms with van der Waals surface area (Å²) in [5, 5.41) is 0. The minimum absolute atomic E-state index is 0.0669. The van der Waals surface area contributed by atoms with Gasteiger partial charge in [-0.25, -0.2) is 17.2 Å². The molecule has 1 aromatic rings. The summed E-state index contributed by atoms with van der Waals surface area (Å²) in [7, 11) is 0.893. The van der Waals surface area contributed by atoms with Crippen LogP contribution >= 0.6 is 0 Å². The lowest BCUT2D eigenvalue weighted by molar-refractivity contribution is -0.112. The van der Waals surface area contributed by atoms with Crippen molar-refractivity contribution in [3.8, 4) is 0 Å². The molecule has 0 bridgehead atoms. The summed E-state index contributed by atoms with van der Waals surface area (Å²) in [4.78, 5) is 26.1. The predicted octanol–water partition coefficient (Wildman–Crippen LogP) is 2.13. The first-order valence-corrected chi connectivity index (χ1v) is 9.77. The van der Waals surface area contributed by atoms with Gasteiger partial charge >= 0.3 is 5.97 Å². The van der Waals surface area contributed by atoms with Gasteiger partial charge in [-0.3, -0.25) is 4.79 Å². The Hall–Kier alpha value is -2.61. The fourth-order valence-corrected chi connectivity index (χ4v) is 4.42. The van der Waals surface area contributed by atoms with Crippen LogP contribution in [-0.2, 0) is 19.6 Å². The number of ketones is 1. The highest BCUT2D eigenvalue weighted by molar-refractivity contribution is 7.91. The lowest BCUT2D eigenvalue weighted by Crippen LogP contribution is -2.39. The summed E-state index contributed by atoms with van der Waals surface area (Å²) in [5.41, 5.74) is 0.933. The van der Waals surface area contributed by atoms with Gasteiger partial charge in [0.2, 0.25) is 10.0 Å². The maximum Gasteiger partial charge on any atom is 0.355 e. The van der Waals surface area contributed by atoms with E-state index in [0.717, 1.165) is 3.97 Å². The molecule has 1 atom stereocenters. The molecule has 1 aromatic heterocycles. The first kappa shape index (κ1) is 20.7. The summed E-state index contributed by atoms with van der Waals surface area (Å²) in [5.74, 6) is -0.890. The van der Waals surface area contributed by atoms with Crippen molar-refractivity contribution in [2.75, 3.05) is 21.2 Å². The quantitative estimate of drug-likeness (QED) is 0.545. The normalized spacial score (nSPS) is 20.2. The largest absolute Gasteiger partial charge is 0.464 e. The fourth-order valence-electron chi connectivity index (χ4n) is 2.81. The number of hydrogen-bond acceptors (Lipinski definition) is 6. The van der Waals surface area contributed by atoms with Crippen LogP contribution in [-0.4, -0.2) is 55.0 Å². The summed E-state index contributed by atoms with van der Waals surface area (Å²) in [6.07, 6.45) is 7.78. The molecule has 27 heavy (non-hydrogen) atoms. The molecular weight excluding hydrogens is 368 g/mol. The van der Waals surface area contributed by atoms with Crippen LogP contribution < -0.4 is 0 Å². The van der Waals surface area contributed by atoms with Gasteiger partial charge in [-0.05, 0) is 32.4 Å². The molecule has 0 spiro atoms. The van der Waals surface area contributed by atoms with E-state index in [9.17, 15) is 18.0 Å². The number of esters is 1. The van der Waals surface area contributed by atoms with E-state index in [2.05, 4.69) is 4.74 Å². The molecule has 0 saturated carbocycles. The van der Waals surface area contributed by atoms with Crippen LogP contribution in [0, 0.1) is 0 Å². The summed E-state index contributed by atoms with van der Waals surface area (Å²) < 4.78 is 30.6. The minimum Gasteiger partial charge on any atom is -0.464 e. The van der Waals surface area contributed by atoms with E-state index in [1.54, 1.807) is 31.0 Å². The Morgan fingerprint density at radius 2 is 2.00 bits per heavy atom. The second kappa shape index (κ2) is 7.56. The molecule has 1 heterocycles. The van der Waals surface area contributed by atoms with Crippen molar-refractivity contribution < 1.29 is 22.7 Å². The molecule has 0 N–H and O–H groups in total. The molecule has 0 aliphatic heterocycles. The van der Waals surface area contributed by atoms with Crippen molar-refractivity contribution >= 4 is 21.8 Å². The van der Waals surface area contributed by atoms with Crippen molar-refractivity contribution in [2.45, 2.75) is 25.0 Å². The maximum atomic E-state index is 13.1. The van der Waals surface area contributed by atoms with E-state index in [1.807, 2.05) is 14.1 Å². The van der Waals surface area contributed by atoms with Crippen LogP contribution in [0.15, 0.2) is 53.9 Å². The van der Waals surface area contributed by atoms with Gasteiger partial charge in [-0.15, -0.1) is 0 Å². The number of Topliss-reactive ketones (excluding diaryl/α,β-unsaturated/α-hetero) is 1. The Balaban J connectivity index is 2.34. The zero-order valence-corrected chi connectivity index (χ0v) is 16.9. The second-order valence-corrected chi connectivity index (χ2v) is 9.08. The summed E-state index contributed by atoms with van der Waals surface area (Å²) in [6.45, 7) is 3.27. The average molecular weight is 392 g/mol. The van der Waals surface area contributed by atoms with Gasteiger partial charge in [-0.1, -0.05) is 18.2 Å². The molecule has 0 aromatic carbocycles. The smallest absolute Gasteiger partial charge is 0.355 e. The standard InChI is InChI=1S/C19H24N2O5S/c1-14(13-20(3)4)17(22)15-8-10-19(2,11-9-15)27(24,25)21-12-6-7-16(21)18(23)26-5/h6-10,12-13H,11H2,1-5H3. The number of allylic oxidation sites excluding steroid dienone is 4. The molecule has 1 aliphatic carbocycles. The number of hydrogen-bond donors (Lipinski definition) is 0. The van der Waals surface area contributed by atoms with Crippen molar-refractivity contribution in [3.63, 3.8) is 0 Å². The van der Waals surface area contributed by atoms with Crippen LogP contribution in [0.25, 0.3) is 0 Å². The zero-order chi connectivity index (χ0) is 20.4. The first-order chi connectivity index (χ1) is 12.5. The van der Waals surface area contributed by atoms with Crippen molar-refractivity contribution in [1.29, 1.82) is 0 Å². The van der Waals surface area contributed by atoms with Gasteiger partial charge in [0.1, 0.15) is 10.4 Å². The van der Waals surface area contributed by atoms with Crippen LogP contribution in [0.4, 0.5) is 0 Å². The van der Waals surface area contributed by atoms with Crippen LogP contribution in [0.2, 0.25) is 0 Å². The fraction of sp³-hybridized carbons (Fsp3) is 0.368. The Morgan fingerprint density at radius 3 is 2.52 bits per heavy atom. The molecule has 1 unspecified atom stereocenters. The number of carbonyl (C=O) groups is 2. The van der Waals surface area contributed by atoms with Gasteiger partial charge in [-0.2, -0.15) is 0 Å². The summed E-state index contributed by atoms with van der Waals surface area (Å²) in [6, 6.07) is 2.86. The Bertz CT molecular complexity index is 950. The van der Waals surface area contributed by atoms with Crippen LogP contribution in [0.3, 0.4) is 0 Å². The molecule has 2 rings (SSSR count). The third kappa shape index (κ3) is 3.90. The number of ether oxygens (including phenoxy) is 1. The number of rotatable bonds is 6. The molecule has 8 heteroatoms. The highest BCUT2D eigenvalue weighted by atomic mass is 32.2. The Labute approximate surface area is 159 Å². The monoisotopic (exact) mass is 392 g/mol. The highest BCUT2D eigenvalue weighted by Gasteiger charge is 2.40. The lowest BCUT2D eigenvalue weighted by atomic mass is 9.93. The van der Waals surface area contributed by atoms with Crippen molar-refractivity contribution in [1.82, 2.24) is 8.87 Å². The number of nitrogens with zero attached hydrogens (tertiary/aromatic N) is 2. The molecule has 7 nitrogen and oxygen atoms in total. The highest BCUT2D eigenvalue weighted by Crippen LogP contribution is 2.32. The third-order valence-corrected chi connectivity index (χ3v) is 6.69. The molecule has 0 saturated heterocycles. The molecule has 1 aliphatic rings. The van der Waals surface area contributed by atoms with E-state index in [0.29, 0.717) is 11.1 Å². The van der Waals surface area contributed by atoms with Crippen LogP contribution in [0.5, 0.6) is 0 Å². The number of carbonyl (C=O) groups excluding carboxylic acids is 2. The van der Waals surface area contributed by atoms with E-state index >= 15 is 0 Å². The molecular formula is C19H24N2O5S. The number of methoxy groups -OCH3 is 1. The SMILES string of the molecule is COC(=O)c1cccn1S(=O)(=O)C1(C)C=CC(C(=O)C(C)=CN(C)C)=CC1. The lowest BCUT2D eigenvalue weighted by Gasteiger charge is -2.28. The first-order valence-electron chi connectivity index (χ1n) is 8.33. The predicted molar refractivity (Wildman–Crippen MR) is 103 cm³/mol.